The number of alkyl halides is 3. The molecular formula is C13H16F3NO2. The maximum atomic E-state index is 12.3. The van der Waals surface area contributed by atoms with Crippen molar-refractivity contribution >= 4 is 5.91 Å². The van der Waals surface area contributed by atoms with Crippen LogP contribution in [-0.2, 0) is 4.79 Å². The zero-order chi connectivity index (χ0) is 14.7. The van der Waals surface area contributed by atoms with Gasteiger partial charge in [-0.05, 0) is 25.8 Å². The second kappa shape index (κ2) is 5.61. The van der Waals surface area contributed by atoms with Crippen molar-refractivity contribution in [1.82, 2.24) is 5.32 Å². The first-order valence-corrected chi connectivity index (χ1v) is 5.74. The van der Waals surface area contributed by atoms with E-state index in [0.29, 0.717) is 5.56 Å². The Bertz CT molecular complexity index is 424. The van der Waals surface area contributed by atoms with Gasteiger partial charge >= 0.3 is 12.1 Å². The van der Waals surface area contributed by atoms with Gasteiger partial charge in [0.2, 0.25) is 0 Å². The van der Waals surface area contributed by atoms with Gasteiger partial charge in [0, 0.05) is 0 Å². The first-order chi connectivity index (χ1) is 8.59. The topological polar surface area (TPSA) is 49.3 Å². The molecule has 0 aliphatic carbocycles. The van der Waals surface area contributed by atoms with Crippen molar-refractivity contribution in [3.05, 3.63) is 35.9 Å². The summed E-state index contributed by atoms with van der Waals surface area (Å²) in [6.45, 7) is 2.95. The molecule has 6 heteroatoms. The highest BCUT2D eigenvalue weighted by Gasteiger charge is 2.40. The standard InChI is InChI=1S/C13H16F3NO2/c1-12(2,19)8-10(9-6-4-3-5-7-9)17-11(18)13(14,15)16/h3-7,10,19H,8H2,1-2H3,(H,17,18)/t10-/m1/s1. The van der Waals surface area contributed by atoms with Crippen LogP contribution in [0.25, 0.3) is 0 Å². The summed E-state index contributed by atoms with van der Waals surface area (Å²) in [5.41, 5.74) is -0.679. The molecule has 0 fully saturated rings. The third-order valence-corrected chi connectivity index (χ3v) is 2.47. The van der Waals surface area contributed by atoms with Crippen LogP contribution < -0.4 is 5.32 Å². The van der Waals surface area contributed by atoms with Gasteiger partial charge < -0.3 is 10.4 Å². The van der Waals surface area contributed by atoms with Crippen LogP contribution in [0.2, 0.25) is 0 Å². The maximum Gasteiger partial charge on any atom is 0.471 e. The molecule has 1 rings (SSSR count). The second-order valence-corrected chi connectivity index (χ2v) is 4.95. The minimum absolute atomic E-state index is 0.0150. The molecule has 19 heavy (non-hydrogen) atoms. The lowest BCUT2D eigenvalue weighted by Crippen LogP contribution is -2.41. The van der Waals surface area contributed by atoms with Crippen LogP contribution in [0.15, 0.2) is 30.3 Å². The summed E-state index contributed by atoms with van der Waals surface area (Å²) in [4.78, 5) is 11.0. The lowest BCUT2D eigenvalue weighted by Gasteiger charge is -2.26. The van der Waals surface area contributed by atoms with Gasteiger partial charge in [0.15, 0.2) is 0 Å². The Balaban J connectivity index is 2.91. The smallest absolute Gasteiger partial charge is 0.390 e. The Kier molecular flexibility index (Phi) is 4.57. The van der Waals surface area contributed by atoms with E-state index in [2.05, 4.69) is 0 Å². The number of halogens is 3. The van der Waals surface area contributed by atoms with Crippen LogP contribution in [-0.4, -0.2) is 22.8 Å². The second-order valence-electron chi connectivity index (χ2n) is 4.95. The number of rotatable bonds is 4. The van der Waals surface area contributed by atoms with Crippen molar-refractivity contribution in [1.29, 1.82) is 0 Å². The van der Waals surface area contributed by atoms with Crippen LogP contribution in [0.1, 0.15) is 31.9 Å². The quantitative estimate of drug-likeness (QED) is 0.887. The number of hydrogen-bond donors (Lipinski definition) is 2. The molecule has 1 amide bonds. The fourth-order valence-electron chi connectivity index (χ4n) is 1.68. The molecule has 0 radical (unpaired) electrons. The Morgan fingerprint density at radius 2 is 1.79 bits per heavy atom. The Hall–Kier alpha value is -1.56. The number of carbonyl (C=O) groups excluding carboxylic acids is 1. The lowest BCUT2D eigenvalue weighted by atomic mass is 9.94. The summed E-state index contributed by atoms with van der Waals surface area (Å²) < 4.78 is 36.9. The van der Waals surface area contributed by atoms with Crippen LogP contribution in [0.3, 0.4) is 0 Å². The Morgan fingerprint density at radius 1 is 1.26 bits per heavy atom. The van der Waals surface area contributed by atoms with Crippen molar-refractivity contribution in [3.63, 3.8) is 0 Å². The van der Waals surface area contributed by atoms with Gasteiger partial charge in [-0.25, -0.2) is 0 Å². The third kappa shape index (κ3) is 5.30. The van der Waals surface area contributed by atoms with E-state index in [1.165, 1.54) is 13.8 Å². The van der Waals surface area contributed by atoms with E-state index in [1.807, 2.05) is 5.32 Å². The summed E-state index contributed by atoms with van der Waals surface area (Å²) in [5, 5.41) is 11.6. The van der Waals surface area contributed by atoms with E-state index in [0.717, 1.165) is 0 Å². The van der Waals surface area contributed by atoms with Crippen molar-refractivity contribution in [2.75, 3.05) is 0 Å². The highest BCUT2D eigenvalue weighted by molar-refractivity contribution is 5.82. The average molecular weight is 275 g/mol. The van der Waals surface area contributed by atoms with E-state index in [9.17, 15) is 23.1 Å². The average Bonchev–Trinajstić information content (AvgIpc) is 2.26. The van der Waals surface area contributed by atoms with Crippen molar-refractivity contribution in [2.45, 2.75) is 38.1 Å². The molecule has 1 aromatic carbocycles. The van der Waals surface area contributed by atoms with Gasteiger partial charge in [0.25, 0.3) is 0 Å². The largest absolute Gasteiger partial charge is 0.471 e. The molecule has 0 saturated carbocycles. The minimum Gasteiger partial charge on any atom is -0.390 e. The maximum absolute atomic E-state index is 12.3. The summed E-state index contributed by atoms with van der Waals surface area (Å²) in [5.74, 6) is -2.01. The van der Waals surface area contributed by atoms with Crippen LogP contribution in [0.4, 0.5) is 13.2 Å². The highest BCUT2D eigenvalue weighted by atomic mass is 19.4. The number of nitrogens with one attached hydrogen (secondary N) is 1. The normalized spacial score (nSPS) is 14.0. The molecule has 0 unspecified atom stereocenters. The van der Waals surface area contributed by atoms with Gasteiger partial charge in [0.1, 0.15) is 0 Å². The molecule has 0 aliphatic rings. The number of aliphatic hydroxyl groups is 1. The van der Waals surface area contributed by atoms with Crippen LogP contribution in [0.5, 0.6) is 0 Å². The summed E-state index contributed by atoms with van der Waals surface area (Å²) in [6, 6.07) is 7.35. The van der Waals surface area contributed by atoms with Crippen LogP contribution >= 0.6 is 0 Å². The summed E-state index contributed by atoms with van der Waals surface area (Å²) >= 11 is 0. The van der Waals surface area contributed by atoms with E-state index in [1.54, 1.807) is 30.3 Å². The predicted octanol–water partition coefficient (Wildman–Crippen LogP) is 2.57. The molecule has 1 atom stereocenters. The van der Waals surface area contributed by atoms with Crippen molar-refractivity contribution in [3.8, 4) is 0 Å². The van der Waals surface area contributed by atoms with E-state index in [4.69, 9.17) is 0 Å². The molecule has 0 bridgehead atoms. The number of hydrogen-bond acceptors (Lipinski definition) is 2. The minimum atomic E-state index is -4.94. The summed E-state index contributed by atoms with van der Waals surface area (Å²) in [7, 11) is 0. The molecule has 1 aromatic rings. The Labute approximate surface area is 109 Å². The lowest BCUT2D eigenvalue weighted by molar-refractivity contribution is -0.174. The molecular weight excluding hydrogens is 259 g/mol. The van der Waals surface area contributed by atoms with Crippen LogP contribution in [0, 0.1) is 0 Å². The molecule has 0 heterocycles. The summed E-state index contributed by atoms with van der Waals surface area (Å²) in [6.07, 6.45) is -4.95. The molecule has 0 saturated heterocycles. The molecule has 0 aliphatic heterocycles. The van der Waals surface area contributed by atoms with Crippen molar-refractivity contribution in [2.24, 2.45) is 0 Å². The van der Waals surface area contributed by atoms with Gasteiger partial charge in [-0.3, -0.25) is 4.79 Å². The van der Waals surface area contributed by atoms with Gasteiger partial charge in [0.05, 0.1) is 11.6 Å². The monoisotopic (exact) mass is 275 g/mol. The predicted molar refractivity (Wildman–Crippen MR) is 64.3 cm³/mol. The van der Waals surface area contributed by atoms with E-state index >= 15 is 0 Å². The first kappa shape index (κ1) is 15.5. The number of amides is 1. The highest BCUT2D eigenvalue weighted by Crippen LogP contribution is 2.25. The fraction of sp³-hybridized carbons (Fsp3) is 0.462. The van der Waals surface area contributed by atoms with Gasteiger partial charge in [-0.15, -0.1) is 0 Å². The Morgan fingerprint density at radius 3 is 2.21 bits per heavy atom. The zero-order valence-corrected chi connectivity index (χ0v) is 10.7. The first-order valence-electron chi connectivity index (χ1n) is 5.74. The number of benzene rings is 1. The number of carbonyl (C=O) groups is 1. The van der Waals surface area contributed by atoms with Gasteiger partial charge in [-0.2, -0.15) is 13.2 Å². The fourth-order valence-corrected chi connectivity index (χ4v) is 1.68. The molecule has 0 spiro atoms. The van der Waals surface area contributed by atoms with E-state index < -0.39 is 23.7 Å². The van der Waals surface area contributed by atoms with Crippen molar-refractivity contribution < 1.29 is 23.1 Å². The molecule has 106 valence electrons. The zero-order valence-electron chi connectivity index (χ0n) is 10.7. The van der Waals surface area contributed by atoms with E-state index in [-0.39, 0.29) is 6.42 Å². The molecule has 0 aromatic heterocycles. The molecule has 2 N–H and O–H groups in total. The third-order valence-electron chi connectivity index (χ3n) is 2.47. The molecule has 3 nitrogen and oxygen atoms in total. The van der Waals surface area contributed by atoms with Gasteiger partial charge in [-0.1, -0.05) is 30.3 Å². The SMILES string of the molecule is CC(C)(O)C[C@@H](NC(=O)C(F)(F)F)c1ccccc1.